The number of fused-ring (bicyclic) bond motifs is 1. The van der Waals surface area contributed by atoms with Gasteiger partial charge in [-0.2, -0.15) is 0 Å². The SMILES string of the molecule is CCC(C)C(N)C(=O)NCCCC(=O)N1CCc2cc(OC)c(OC)cc2C1.Cl. The van der Waals surface area contributed by atoms with E-state index in [1.165, 1.54) is 5.56 Å². The predicted molar refractivity (Wildman–Crippen MR) is 116 cm³/mol. The van der Waals surface area contributed by atoms with Crippen molar-refractivity contribution in [3.8, 4) is 11.5 Å². The van der Waals surface area contributed by atoms with Gasteiger partial charge in [0.15, 0.2) is 11.5 Å². The van der Waals surface area contributed by atoms with Crippen molar-refractivity contribution in [1.29, 1.82) is 0 Å². The number of carbonyl (C=O) groups is 2. The van der Waals surface area contributed by atoms with Gasteiger partial charge in [-0.15, -0.1) is 12.4 Å². The van der Waals surface area contributed by atoms with Crippen molar-refractivity contribution in [3.63, 3.8) is 0 Å². The molecule has 1 aromatic carbocycles. The molecule has 0 aromatic heterocycles. The monoisotopic (exact) mass is 427 g/mol. The van der Waals surface area contributed by atoms with Crippen LogP contribution in [0.2, 0.25) is 0 Å². The van der Waals surface area contributed by atoms with E-state index in [1.54, 1.807) is 14.2 Å². The smallest absolute Gasteiger partial charge is 0.237 e. The van der Waals surface area contributed by atoms with E-state index < -0.39 is 6.04 Å². The second-order valence-corrected chi connectivity index (χ2v) is 7.35. The van der Waals surface area contributed by atoms with Crippen LogP contribution in [0.5, 0.6) is 11.5 Å². The lowest BCUT2D eigenvalue weighted by Crippen LogP contribution is -2.45. The molecule has 3 N–H and O–H groups in total. The normalized spacial score (nSPS) is 14.9. The summed E-state index contributed by atoms with van der Waals surface area (Å²) in [4.78, 5) is 26.4. The summed E-state index contributed by atoms with van der Waals surface area (Å²) in [6.07, 6.45) is 2.66. The Bertz CT molecular complexity index is 699. The molecule has 0 aliphatic carbocycles. The van der Waals surface area contributed by atoms with Gasteiger partial charge in [0.25, 0.3) is 0 Å². The molecule has 0 bridgehead atoms. The van der Waals surface area contributed by atoms with Crippen molar-refractivity contribution in [1.82, 2.24) is 10.2 Å². The van der Waals surface area contributed by atoms with E-state index in [4.69, 9.17) is 15.2 Å². The molecule has 1 aliphatic rings. The van der Waals surface area contributed by atoms with Crippen LogP contribution >= 0.6 is 12.4 Å². The van der Waals surface area contributed by atoms with Crippen LogP contribution in [0, 0.1) is 5.92 Å². The zero-order chi connectivity index (χ0) is 20.7. The van der Waals surface area contributed by atoms with Gasteiger partial charge < -0.3 is 25.4 Å². The lowest BCUT2D eigenvalue weighted by atomic mass is 9.98. The maximum absolute atomic E-state index is 12.6. The summed E-state index contributed by atoms with van der Waals surface area (Å²) < 4.78 is 10.7. The molecule has 2 rings (SSSR count). The van der Waals surface area contributed by atoms with Gasteiger partial charge in [-0.25, -0.2) is 0 Å². The summed E-state index contributed by atoms with van der Waals surface area (Å²) in [7, 11) is 3.23. The number of nitrogens with one attached hydrogen (secondary N) is 1. The highest BCUT2D eigenvalue weighted by atomic mass is 35.5. The second kappa shape index (κ2) is 11.9. The van der Waals surface area contributed by atoms with Crippen LogP contribution in [0.25, 0.3) is 0 Å². The van der Waals surface area contributed by atoms with Crippen LogP contribution in [0.3, 0.4) is 0 Å². The van der Waals surface area contributed by atoms with Gasteiger partial charge in [-0.1, -0.05) is 20.3 Å². The number of nitrogens with two attached hydrogens (primary N) is 1. The Balaban J connectivity index is 0.00000420. The summed E-state index contributed by atoms with van der Waals surface area (Å²) in [6.45, 7) is 5.70. The van der Waals surface area contributed by atoms with Gasteiger partial charge in [0.1, 0.15) is 0 Å². The fourth-order valence-corrected chi connectivity index (χ4v) is 3.34. The molecule has 0 spiro atoms. The van der Waals surface area contributed by atoms with Gasteiger partial charge in [0, 0.05) is 26.1 Å². The van der Waals surface area contributed by atoms with Crippen LogP contribution in [-0.4, -0.2) is 50.1 Å². The first-order valence-corrected chi connectivity index (χ1v) is 9.96. The topological polar surface area (TPSA) is 93.9 Å². The molecule has 8 heteroatoms. The second-order valence-electron chi connectivity index (χ2n) is 7.35. The van der Waals surface area contributed by atoms with E-state index in [-0.39, 0.29) is 30.1 Å². The number of methoxy groups -OCH3 is 2. The number of nitrogens with zero attached hydrogens (tertiary/aromatic N) is 1. The molecule has 1 heterocycles. The first-order valence-electron chi connectivity index (χ1n) is 9.96. The molecular formula is C21H34ClN3O4. The first-order chi connectivity index (χ1) is 13.4. The van der Waals surface area contributed by atoms with E-state index in [0.717, 1.165) is 18.4 Å². The van der Waals surface area contributed by atoms with Crippen molar-refractivity contribution in [2.24, 2.45) is 11.7 Å². The number of ether oxygens (including phenoxy) is 2. The van der Waals surface area contributed by atoms with E-state index in [2.05, 4.69) is 5.32 Å². The quantitative estimate of drug-likeness (QED) is 0.589. The molecule has 0 saturated carbocycles. The minimum Gasteiger partial charge on any atom is -0.493 e. The number of rotatable bonds is 9. The Labute approximate surface area is 179 Å². The fourth-order valence-electron chi connectivity index (χ4n) is 3.34. The fraction of sp³-hybridized carbons (Fsp3) is 0.619. The summed E-state index contributed by atoms with van der Waals surface area (Å²) in [5.41, 5.74) is 8.19. The van der Waals surface area contributed by atoms with E-state index >= 15 is 0 Å². The molecule has 7 nitrogen and oxygen atoms in total. The minimum atomic E-state index is -0.494. The van der Waals surface area contributed by atoms with Crippen molar-refractivity contribution in [2.45, 2.75) is 52.1 Å². The molecule has 29 heavy (non-hydrogen) atoms. The highest BCUT2D eigenvalue weighted by molar-refractivity contribution is 5.85. The average molecular weight is 428 g/mol. The van der Waals surface area contributed by atoms with Crippen LogP contribution in [-0.2, 0) is 22.6 Å². The number of carbonyl (C=O) groups excluding carboxylic acids is 2. The Hall–Kier alpha value is -1.99. The lowest BCUT2D eigenvalue weighted by molar-refractivity contribution is -0.132. The number of halogens is 1. The third-order valence-electron chi connectivity index (χ3n) is 5.50. The molecule has 1 aromatic rings. The van der Waals surface area contributed by atoms with Gasteiger partial charge in [0.05, 0.1) is 20.3 Å². The Kier molecular flexibility index (Phi) is 10.3. The number of hydrogen-bond donors (Lipinski definition) is 2. The van der Waals surface area contributed by atoms with E-state index in [0.29, 0.717) is 44.0 Å². The zero-order valence-corrected chi connectivity index (χ0v) is 18.6. The summed E-state index contributed by atoms with van der Waals surface area (Å²) in [5.74, 6) is 1.49. The predicted octanol–water partition coefficient (Wildman–Crippen LogP) is 2.28. The molecule has 0 radical (unpaired) electrons. The van der Waals surface area contributed by atoms with Crippen LogP contribution in [0.15, 0.2) is 12.1 Å². The Morgan fingerprint density at radius 3 is 2.41 bits per heavy atom. The van der Waals surface area contributed by atoms with Crippen molar-refractivity contribution >= 4 is 24.2 Å². The van der Waals surface area contributed by atoms with Crippen LogP contribution in [0.1, 0.15) is 44.2 Å². The molecule has 2 unspecified atom stereocenters. The molecule has 2 atom stereocenters. The zero-order valence-electron chi connectivity index (χ0n) is 17.8. The lowest BCUT2D eigenvalue weighted by Gasteiger charge is -2.29. The summed E-state index contributed by atoms with van der Waals surface area (Å²) in [5, 5.41) is 2.83. The molecule has 1 aliphatic heterocycles. The number of hydrogen-bond acceptors (Lipinski definition) is 5. The highest BCUT2D eigenvalue weighted by Crippen LogP contribution is 2.33. The van der Waals surface area contributed by atoms with Gasteiger partial charge in [-0.3, -0.25) is 9.59 Å². The molecule has 0 saturated heterocycles. The average Bonchev–Trinajstić information content (AvgIpc) is 2.73. The summed E-state index contributed by atoms with van der Waals surface area (Å²) in [6, 6.07) is 3.45. The maximum Gasteiger partial charge on any atom is 0.237 e. The largest absolute Gasteiger partial charge is 0.493 e. The van der Waals surface area contributed by atoms with Crippen molar-refractivity contribution < 1.29 is 19.1 Å². The Morgan fingerprint density at radius 1 is 1.21 bits per heavy atom. The molecule has 2 amide bonds. The van der Waals surface area contributed by atoms with Crippen molar-refractivity contribution in [2.75, 3.05) is 27.3 Å². The standard InChI is InChI=1S/C21H33N3O4.ClH/c1-5-14(2)20(22)21(26)23-9-6-7-19(25)24-10-8-15-11-17(27-3)18(28-4)12-16(15)13-24;/h11-12,14,20H,5-10,13,22H2,1-4H3,(H,23,26);1H. The van der Waals surface area contributed by atoms with Gasteiger partial charge in [-0.05, 0) is 42.0 Å². The van der Waals surface area contributed by atoms with Crippen LogP contribution < -0.4 is 20.5 Å². The highest BCUT2D eigenvalue weighted by Gasteiger charge is 2.23. The molecule has 0 fully saturated rings. The van der Waals surface area contributed by atoms with Gasteiger partial charge in [0.2, 0.25) is 11.8 Å². The maximum atomic E-state index is 12.6. The molecular weight excluding hydrogens is 394 g/mol. The summed E-state index contributed by atoms with van der Waals surface area (Å²) >= 11 is 0. The minimum absolute atomic E-state index is 0. The Morgan fingerprint density at radius 2 is 1.83 bits per heavy atom. The number of benzene rings is 1. The van der Waals surface area contributed by atoms with E-state index in [1.807, 2.05) is 30.9 Å². The third-order valence-corrected chi connectivity index (χ3v) is 5.50. The van der Waals surface area contributed by atoms with E-state index in [9.17, 15) is 9.59 Å². The van der Waals surface area contributed by atoms with Crippen molar-refractivity contribution in [3.05, 3.63) is 23.3 Å². The first kappa shape index (κ1) is 25.0. The van der Waals surface area contributed by atoms with Crippen LogP contribution in [0.4, 0.5) is 0 Å². The molecule has 164 valence electrons. The third kappa shape index (κ3) is 6.51. The number of amides is 2. The van der Waals surface area contributed by atoms with Gasteiger partial charge >= 0.3 is 0 Å².